The lowest BCUT2D eigenvalue weighted by Crippen LogP contribution is -2.19. The highest BCUT2D eigenvalue weighted by Gasteiger charge is 2.06. The Hall–Kier alpha value is -0.940. The summed E-state index contributed by atoms with van der Waals surface area (Å²) in [6, 6.07) is 0. The summed E-state index contributed by atoms with van der Waals surface area (Å²) in [4.78, 5) is 18.8. The quantitative estimate of drug-likeness (QED) is 0.701. The van der Waals surface area contributed by atoms with Crippen molar-refractivity contribution in [2.24, 2.45) is 0 Å². The second-order valence-electron chi connectivity index (χ2n) is 3.99. The number of aromatic nitrogens is 1. The van der Waals surface area contributed by atoms with Crippen LogP contribution in [0.1, 0.15) is 29.7 Å². The van der Waals surface area contributed by atoms with Gasteiger partial charge in [0.25, 0.3) is 0 Å². The first-order valence-electron chi connectivity index (χ1n) is 5.84. The van der Waals surface area contributed by atoms with Crippen molar-refractivity contribution in [3.05, 3.63) is 16.1 Å². The van der Waals surface area contributed by atoms with Crippen molar-refractivity contribution < 1.29 is 9.53 Å². The summed E-state index contributed by atoms with van der Waals surface area (Å²) in [5, 5.41) is 1.18. The molecule has 0 aliphatic heterocycles. The monoisotopic (exact) mass is 256 g/mol. The Morgan fingerprint density at radius 2 is 2.35 bits per heavy atom. The highest BCUT2D eigenvalue weighted by Crippen LogP contribution is 2.15. The van der Waals surface area contributed by atoms with Crippen LogP contribution in [0.5, 0.6) is 0 Å². The Balaban J connectivity index is 2.24. The Bertz CT molecular complexity index is 352. The first-order valence-corrected chi connectivity index (χ1v) is 6.66. The number of rotatable bonds is 7. The van der Waals surface area contributed by atoms with Crippen LogP contribution < -0.4 is 0 Å². The first kappa shape index (κ1) is 14.1. The maximum Gasteiger partial charge on any atom is 0.305 e. The van der Waals surface area contributed by atoms with Crippen LogP contribution in [0.3, 0.4) is 0 Å². The van der Waals surface area contributed by atoms with E-state index < -0.39 is 0 Å². The molecule has 0 atom stereocenters. The normalized spacial score (nSPS) is 10.8. The van der Waals surface area contributed by atoms with Crippen molar-refractivity contribution >= 4 is 17.3 Å². The molecule has 96 valence electrons. The number of esters is 1. The van der Waals surface area contributed by atoms with E-state index in [9.17, 15) is 4.79 Å². The molecule has 4 nitrogen and oxygen atoms in total. The van der Waals surface area contributed by atoms with Crippen molar-refractivity contribution in [1.29, 1.82) is 0 Å². The van der Waals surface area contributed by atoms with E-state index in [2.05, 4.69) is 28.6 Å². The average Bonchev–Trinajstić information content (AvgIpc) is 2.76. The molecule has 0 aliphatic rings. The van der Waals surface area contributed by atoms with E-state index in [0.29, 0.717) is 6.42 Å². The highest BCUT2D eigenvalue weighted by molar-refractivity contribution is 7.11. The van der Waals surface area contributed by atoms with Crippen molar-refractivity contribution in [2.45, 2.75) is 32.7 Å². The molecule has 1 aromatic heterocycles. The molecule has 0 aliphatic carbocycles. The van der Waals surface area contributed by atoms with Crippen molar-refractivity contribution in [3.8, 4) is 0 Å². The molecule has 0 N–H and O–H groups in total. The number of nitrogens with zero attached hydrogens (tertiary/aromatic N) is 2. The largest absolute Gasteiger partial charge is 0.469 e. The summed E-state index contributed by atoms with van der Waals surface area (Å²) in [7, 11) is 3.48. The number of hydrogen-bond donors (Lipinski definition) is 0. The van der Waals surface area contributed by atoms with E-state index in [1.54, 1.807) is 11.3 Å². The van der Waals surface area contributed by atoms with Gasteiger partial charge in [0.15, 0.2) is 0 Å². The highest BCUT2D eigenvalue weighted by atomic mass is 32.1. The van der Waals surface area contributed by atoms with E-state index in [0.717, 1.165) is 25.9 Å². The predicted octanol–water partition coefficient (Wildman–Crippen LogP) is 2.09. The molecule has 0 bridgehead atoms. The third-order valence-corrected chi connectivity index (χ3v) is 3.60. The second-order valence-corrected chi connectivity index (χ2v) is 5.19. The molecule has 0 unspecified atom stereocenters. The Kier molecular flexibility index (Phi) is 6.15. The minimum Gasteiger partial charge on any atom is -0.469 e. The zero-order valence-electron chi connectivity index (χ0n) is 10.7. The molecular weight excluding hydrogens is 236 g/mol. The topological polar surface area (TPSA) is 42.4 Å². The molecule has 1 heterocycles. The summed E-state index contributed by atoms with van der Waals surface area (Å²) in [6.07, 6.45) is 4.27. The van der Waals surface area contributed by atoms with Gasteiger partial charge in [-0.1, -0.05) is 6.92 Å². The molecule has 1 rings (SSSR count). The maximum absolute atomic E-state index is 10.9. The van der Waals surface area contributed by atoms with Crippen LogP contribution in [0, 0.1) is 0 Å². The van der Waals surface area contributed by atoms with Gasteiger partial charge in [-0.2, -0.15) is 0 Å². The lowest BCUT2D eigenvalue weighted by Gasteiger charge is -2.14. The number of thiazole rings is 1. The number of aryl methyl sites for hydroxylation is 1. The van der Waals surface area contributed by atoms with Crippen molar-refractivity contribution in [2.75, 3.05) is 20.7 Å². The molecule has 0 saturated heterocycles. The number of ether oxygens (including phenoxy) is 1. The number of carbonyl (C=O) groups is 1. The Labute approximate surface area is 107 Å². The van der Waals surface area contributed by atoms with Gasteiger partial charge in [-0.3, -0.25) is 4.79 Å². The smallest absolute Gasteiger partial charge is 0.305 e. The zero-order chi connectivity index (χ0) is 12.7. The van der Waals surface area contributed by atoms with Crippen LogP contribution in [0.2, 0.25) is 0 Å². The zero-order valence-corrected chi connectivity index (χ0v) is 11.5. The third-order valence-electron chi connectivity index (χ3n) is 2.48. The summed E-state index contributed by atoms with van der Waals surface area (Å²) in [6.45, 7) is 3.91. The van der Waals surface area contributed by atoms with E-state index in [1.165, 1.54) is 17.0 Å². The van der Waals surface area contributed by atoms with Gasteiger partial charge >= 0.3 is 5.97 Å². The SMILES string of the molecule is CCc1ncc(CN(C)CCCC(=O)OC)s1. The number of methoxy groups -OCH3 is 1. The first-order chi connectivity index (χ1) is 8.15. The average molecular weight is 256 g/mol. The fourth-order valence-corrected chi connectivity index (χ4v) is 2.47. The number of hydrogen-bond acceptors (Lipinski definition) is 5. The van der Waals surface area contributed by atoms with Crippen LogP contribution in [0.4, 0.5) is 0 Å². The van der Waals surface area contributed by atoms with E-state index in [-0.39, 0.29) is 5.97 Å². The van der Waals surface area contributed by atoms with Gasteiger partial charge < -0.3 is 9.64 Å². The fourth-order valence-electron chi connectivity index (χ4n) is 1.53. The molecule has 0 saturated carbocycles. The third kappa shape index (κ3) is 5.28. The maximum atomic E-state index is 10.9. The standard InChI is InChI=1S/C12H20N2O2S/c1-4-11-13-8-10(17-11)9-14(2)7-5-6-12(15)16-3/h8H,4-7,9H2,1-3H3. The van der Waals surface area contributed by atoms with Gasteiger partial charge in [-0.15, -0.1) is 11.3 Å². The van der Waals surface area contributed by atoms with Crippen molar-refractivity contribution in [1.82, 2.24) is 9.88 Å². The Morgan fingerprint density at radius 1 is 1.59 bits per heavy atom. The van der Waals surface area contributed by atoms with Crippen LogP contribution in [0.25, 0.3) is 0 Å². The molecule has 0 radical (unpaired) electrons. The molecule has 0 fully saturated rings. The van der Waals surface area contributed by atoms with Crippen LogP contribution in [0.15, 0.2) is 6.20 Å². The van der Waals surface area contributed by atoms with Gasteiger partial charge in [0.2, 0.25) is 0 Å². The van der Waals surface area contributed by atoms with Gasteiger partial charge in [-0.25, -0.2) is 4.98 Å². The second kappa shape index (κ2) is 7.40. The van der Waals surface area contributed by atoms with E-state index in [4.69, 9.17) is 0 Å². The van der Waals surface area contributed by atoms with Crippen LogP contribution >= 0.6 is 11.3 Å². The summed E-state index contributed by atoms with van der Waals surface area (Å²) in [5.41, 5.74) is 0. The lowest BCUT2D eigenvalue weighted by atomic mass is 10.3. The summed E-state index contributed by atoms with van der Waals surface area (Å²) in [5.74, 6) is -0.135. The lowest BCUT2D eigenvalue weighted by molar-refractivity contribution is -0.140. The summed E-state index contributed by atoms with van der Waals surface area (Å²) < 4.78 is 4.60. The van der Waals surface area contributed by atoms with Gasteiger partial charge in [0, 0.05) is 24.0 Å². The van der Waals surface area contributed by atoms with E-state index in [1.807, 2.05) is 6.20 Å². The number of carbonyl (C=O) groups excluding carboxylic acids is 1. The minimum absolute atomic E-state index is 0.135. The molecule has 0 aromatic carbocycles. The molecule has 5 heteroatoms. The molecule has 1 aromatic rings. The molecule has 0 amide bonds. The van der Waals surface area contributed by atoms with Crippen LogP contribution in [-0.2, 0) is 22.5 Å². The van der Waals surface area contributed by atoms with E-state index >= 15 is 0 Å². The molecule has 0 spiro atoms. The molecular formula is C12H20N2O2S. The van der Waals surface area contributed by atoms with Gasteiger partial charge in [0.1, 0.15) is 0 Å². The summed E-state index contributed by atoms with van der Waals surface area (Å²) >= 11 is 1.76. The van der Waals surface area contributed by atoms with Crippen molar-refractivity contribution in [3.63, 3.8) is 0 Å². The van der Waals surface area contributed by atoms with Gasteiger partial charge in [-0.05, 0) is 26.4 Å². The van der Waals surface area contributed by atoms with Crippen LogP contribution in [-0.4, -0.2) is 36.6 Å². The van der Waals surface area contributed by atoms with Gasteiger partial charge in [0.05, 0.1) is 12.1 Å². The predicted molar refractivity (Wildman–Crippen MR) is 69.1 cm³/mol. The Morgan fingerprint density at radius 3 is 2.94 bits per heavy atom. The fraction of sp³-hybridized carbons (Fsp3) is 0.667. The minimum atomic E-state index is -0.135. The molecule has 17 heavy (non-hydrogen) atoms.